The summed E-state index contributed by atoms with van der Waals surface area (Å²) in [5, 5.41) is 13.5. The largest absolute Gasteiger partial charge is 0.387 e. The van der Waals surface area contributed by atoms with Gasteiger partial charge in [0.05, 0.1) is 21.7 Å². The Morgan fingerprint density at radius 1 is 1.50 bits per heavy atom. The fourth-order valence-electron chi connectivity index (χ4n) is 1.31. The number of hydrogen-bond donors (Lipinski definition) is 1. The maximum Gasteiger partial charge on any atom is 0.137 e. The molecule has 1 N–H and O–H groups in total. The molecule has 1 atom stereocenters. The molecule has 1 unspecified atom stereocenters. The van der Waals surface area contributed by atoms with Crippen LogP contribution < -0.4 is 0 Å². The van der Waals surface area contributed by atoms with Crippen LogP contribution in [0.2, 0.25) is 0 Å². The zero-order chi connectivity index (χ0) is 11.5. The third-order valence-corrected chi connectivity index (χ3v) is 3.49. The van der Waals surface area contributed by atoms with Crippen molar-refractivity contribution >= 4 is 27.5 Å². The molecular formula is C10H8BrFN2OS. The van der Waals surface area contributed by atoms with Crippen molar-refractivity contribution < 1.29 is 9.50 Å². The summed E-state index contributed by atoms with van der Waals surface area (Å²) < 4.78 is 17.1. The van der Waals surface area contributed by atoms with E-state index >= 15 is 0 Å². The quantitative estimate of drug-likeness (QED) is 0.948. The first kappa shape index (κ1) is 11.6. The second-order valence-electron chi connectivity index (χ2n) is 3.29. The molecular weight excluding hydrogens is 295 g/mol. The van der Waals surface area contributed by atoms with Crippen LogP contribution in [0, 0.1) is 5.82 Å². The maximum absolute atomic E-state index is 13.0. The molecule has 0 saturated carbocycles. The number of halogens is 2. The monoisotopic (exact) mass is 302 g/mol. The minimum absolute atomic E-state index is 0.308. The first-order valence-electron chi connectivity index (χ1n) is 4.56. The van der Waals surface area contributed by atoms with Crippen molar-refractivity contribution in [2.24, 2.45) is 0 Å². The van der Waals surface area contributed by atoms with Crippen molar-refractivity contribution in [3.63, 3.8) is 0 Å². The first-order valence-corrected chi connectivity index (χ1v) is 6.12. The number of rotatable bonds is 3. The van der Waals surface area contributed by atoms with Gasteiger partial charge in [0, 0.05) is 6.42 Å². The van der Waals surface area contributed by atoms with E-state index in [1.54, 1.807) is 12.1 Å². The number of nitrogens with zero attached hydrogens (tertiary/aromatic N) is 2. The lowest BCUT2D eigenvalue weighted by Crippen LogP contribution is -1.99. The molecule has 0 fully saturated rings. The molecule has 1 aromatic heterocycles. The molecule has 0 radical (unpaired) electrons. The second kappa shape index (κ2) is 4.99. The Kier molecular flexibility index (Phi) is 3.63. The molecule has 1 heterocycles. The van der Waals surface area contributed by atoms with Crippen LogP contribution in [0.3, 0.4) is 0 Å². The van der Waals surface area contributed by atoms with Crippen LogP contribution in [0.5, 0.6) is 0 Å². The average molecular weight is 303 g/mol. The van der Waals surface area contributed by atoms with Gasteiger partial charge in [-0.1, -0.05) is 10.6 Å². The average Bonchev–Trinajstić information content (AvgIpc) is 2.77. The summed E-state index contributed by atoms with van der Waals surface area (Å²) in [5.74, 6) is -0.308. The molecule has 0 spiro atoms. The van der Waals surface area contributed by atoms with Gasteiger partial charge in [0.25, 0.3) is 0 Å². The lowest BCUT2D eigenvalue weighted by Gasteiger charge is -2.07. The van der Waals surface area contributed by atoms with Crippen molar-refractivity contribution in [3.8, 4) is 0 Å². The van der Waals surface area contributed by atoms with E-state index in [2.05, 4.69) is 25.5 Å². The van der Waals surface area contributed by atoms with Crippen LogP contribution >= 0.6 is 27.5 Å². The van der Waals surface area contributed by atoms with Gasteiger partial charge in [-0.05, 0) is 45.2 Å². The van der Waals surface area contributed by atoms with Crippen molar-refractivity contribution in [3.05, 3.63) is 45.1 Å². The van der Waals surface area contributed by atoms with E-state index in [0.717, 1.165) is 17.1 Å². The van der Waals surface area contributed by atoms with Crippen LogP contribution in [0.25, 0.3) is 0 Å². The van der Waals surface area contributed by atoms with Gasteiger partial charge in [-0.3, -0.25) is 0 Å². The Hall–Kier alpha value is -0.850. The van der Waals surface area contributed by atoms with Gasteiger partial charge in [-0.25, -0.2) is 4.39 Å². The fraction of sp³-hybridized carbons (Fsp3) is 0.200. The maximum atomic E-state index is 13.0. The van der Waals surface area contributed by atoms with E-state index in [1.165, 1.54) is 12.3 Å². The zero-order valence-electron chi connectivity index (χ0n) is 8.10. The highest BCUT2D eigenvalue weighted by molar-refractivity contribution is 9.10. The molecule has 0 aliphatic heterocycles. The Balaban J connectivity index is 2.12. The lowest BCUT2D eigenvalue weighted by molar-refractivity contribution is 0.182. The molecule has 0 bridgehead atoms. The van der Waals surface area contributed by atoms with E-state index in [1.807, 2.05) is 0 Å². The van der Waals surface area contributed by atoms with E-state index < -0.39 is 6.10 Å². The van der Waals surface area contributed by atoms with Crippen molar-refractivity contribution in [2.45, 2.75) is 12.5 Å². The Morgan fingerprint density at radius 2 is 2.31 bits per heavy atom. The second-order valence-corrected chi connectivity index (χ2v) is 4.96. The third-order valence-electron chi connectivity index (χ3n) is 2.12. The van der Waals surface area contributed by atoms with E-state index in [0.29, 0.717) is 15.8 Å². The van der Waals surface area contributed by atoms with E-state index in [4.69, 9.17) is 0 Å². The number of hydrogen-bond acceptors (Lipinski definition) is 4. The predicted octanol–water partition coefficient (Wildman–Crippen LogP) is 2.72. The molecule has 2 rings (SSSR count). The molecule has 6 heteroatoms. The van der Waals surface area contributed by atoms with Crippen LogP contribution in [0.4, 0.5) is 4.39 Å². The number of aromatic nitrogens is 2. The predicted molar refractivity (Wildman–Crippen MR) is 62.7 cm³/mol. The Bertz CT molecular complexity index is 478. The minimum atomic E-state index is -0.641. The van der Waals surface area contributed by atoms with Gasteiger partial charge in [0.2, 0.25) is 0 Å². The normalized spacial score (nSPS) is 12.7. The summed E-state index contributed by atoms with van der Waals surface area (Å²) in [6, 6.07) is 4.68. The topological polar surface area (TPSA) is 46.0 Å². The standard InChI is InChI=1S/C10H8BrFN2OS/c11-7-3-6(1-2-8(7)12)4-9(15)10-5-13-14-16-10/h1-3,5,9,15H,4H2. The van der Waals surface area contributed by atoms with Gasteiger partial charge in [0.15, 0.2) is 0 Å². The number of aliphatic hydroxyl groups excluding tert-OH is 1. The summed E-state index contributed by atoms with van der Waals surface area (Å²) in [5.41, 5.74) is 0.856. The van der Waals surface area contributed by atoms with Crippen molar-refractivity contribution in [1.82, 2.24) is 9.59 Å². The number of benzene rings is 1. The first-order chi connectivity index (χ1) is 7.66. The van der Waals surface area contributed by atoms with Gasteiger partial charge in [-0.2, -0.15) is 0 Å². The minimum Gasteiger partial charge on any atom is -0.387 e. The molecule has 1 aromatic carbocycles. The summed E-state index contributed by atoms with van der Waals surface area (Å²) in [4.78, 5) is 0.709. The molecule has 84 valence electrons. The van der Waals surface area contributed by atoms with Gasteiger partial charge < -0.3 is 5.11 Å². The van der Waals surface area contributed by atoms with E-state index in [9.17, 15) is 9.50 Å². The Labute approximate surface area is 104 Å². The van der Waals surface area contributed by atoms with E-state index in [-0.39, 0.29) is 5.82 Å². The number of aliphatic hydroxyl groups is 1. The SMILES string of the molecule is OC(Cc1ccc(F)c(Br)c1)c1cnns1. The summed E-state index contributed by atoms with van der Waals surface area (Å²) in [6.45, 7) is 0. The van der Waals surface area contributed by atoms with Gasteiger partial charge in [0.1, 0.15) is 5.82 Å². The summed E-state index contributed by atoms with van der Waals surface area (Å²) in [6.07, 6.45) is 1.31. The molecule has 16 heavy (non-hydrogen) atoms. The summed E-state index contributed by atoms with van der Waals surface area (Å²) in [7, 11) is 0. The van der Waals surface area contributed by atoms with Crippen LogP contribution in [0.15, 0.2) is 28.9 Å². The smallest absolute Gasteiger partial charge is 0.137 e. The van der Waals surface area contributed by atoms with Crippen LogP contribution in [-0.2, 0) is 6.42 Å². The summed E-state index contributed by atoms with van der Waals surface area (Å²) >= 11 is 4.27. The van der Waals surface area contributed by atoms with Crippen molar-refractivity contribution in [2.75, 3.05) is 0 Å². The molecule has 0 amide bonds. The fourth-order valence-corrected chi connectivity index (χ4v) is 2.23. The third kappa shape index (κ3) is 2.63. The van der Waals surface area contributed by atoms with Crippen molar-refractivity contribution in [1.29, 1.82) is 0 Å². The zero-order valence-corrected chi connectivity index (χ0v) is 10.5. The molecule has 0 aliphatic carbocycles. The lowest BCUT2D eigenvalue weighted by atomic mass is 10.1. The van der Waals surface area contributed by atoms with Gasteiger partial charge >= 0.3 is 0 Å². The highest BCUT2D eigenvalue weighted by Crippen LogP contribution is 2.23. The molecule has 0 aliphatic rings. The highest BCUT2D eigenvalue weighted by Gasteiger charge is 2.11. The highest BCUT2D eigenvalue weighted by atomic mass is 79.9. The molecule has 0 saturated heterocycles. The molecule has 3 nitrogen and oxygen atoms in total. The van der Waals surface area contributed by atoms with Gasteiger partial charge in [-0.15, -0.1) is 5.10 Å². The van der Waals surface area contributed by atoms with Crippen LogP contribution in [-0.4, -0.2) is 14.7 Å². The molecule has 2 aromatic rings. The van der Waals surface area contributed by atoms with Crippen LogP contribution in [0.1, 0.15) is 16.5 Å². The Morgan fingerprint density at radius 3 is 2.94 bits per heavy atom.